The number of hydrogen-bond acceptors (Lipinski definition) is 8. The van der Waals surface area contributed by atoms with Crippen LogP contribution in [0.1, 0.15) is 25.6 Å². The van der Waals surface area contributed by atoms with Crippen LogP contribution >= 0.6 is 35.2 Å². The summed E-state index contributed by atoms with van der Waals surface area (Å²) in [6, 6.07) is 10.7. The van der Waals surface area contributed by atoms with Crippen LogP contribution in [-0.4, -0.2) is 53.3 Å². The zero-order valence-electron chi connectivity index (χ0n) is 18.2. The van der Waals surface area contributed by atoms with Gasteiger partial charge in [-0.25, -0.2) is 4.79 Å². The lowest BCUT2D eigenvalue weighted by atomic mass is 10.1. The summed E-state index contributed by atoms with van der Waals surface area (Å²) in [4.78, 5) is 26.7. The van der Waals surface area contributed by atoms with Crippen molar-refractivity contribution in [3.05, 3.63) is 57.6 Å². The molecule has 0 aliphatic carbocycles. The van der Waals surface area contributed by atoms with E-state index in [0.29, 0.717) is 26.4 Å². The molecular weight excluding hydrogens is 484 g/mol. The highest BCUT2D eigenvalue weighted by atomic mass is 35.5. The van der Waals surface area contributed by atoms with Crippen LogP contribution in [-0.2, 0) is 4.74 Å². The van der Waals surface area contributed by atoms with Crippen LogP contribution in [0.5, 0.6) is 0 Å². The number of thiophene rings is 1. The Morgan fingerprint density at radius 1 is 1.06 bits per heavy atom. The van der Waals surface area contributed by atoms with Gasteiger partial charge in [0.05, 0.1) is 17.6 Å². The van der Waals surface area contributed by atoms with Crippen molar-refractivity contribution in [2.45, 2.75) is 6.92 Å². The van der Waals surface area contributed by atoms with Gasteiger partial charge in [-0.1, -0.05) is 11.6 Å². The molecule has 0 unspecified atom stereocenters. The number of aromatic nitrogens is 2. The molecule has 1 amide bonds. The molecule has 0 radical (unpaired) electrons. The molecule has 0 aliphatic heterocycles. The molecule has 2 aromatic heterocycles. The van der Waals surface area contributed by atoms with Crippen LogP contribution in [0.25, 0.3) is 0 Å². The van der Waals surface area contributed by atoms with Crippen LogP contribution in [0.2, 0.25) is 5.15 Å². The van der Waals surface area contributed by atoms with Crippen LogP contribution in [0, 0.1) is 6.92 Å². The summed E-state index contributed by atoms with van der Waals surface area (Å²) in [5.74, 6) is -0.195. The summed E-state index contributed by atoms with van der Waals surface area (Å²) in [6.45, 7) is 1.71. The van der Waals surface area contributed by atoms with Gasteiger partial charge in [0.15, 0.2) is 16.1 Å². The van der Waals surface area contributed by atoms with E-state index in [0.717, 1.165) is 22.7 Å². The number of rotatable bonds is 6. The van der Waals surface area contributed by atoms with Gasteiger partial charge in [-0.2, -0.15) is 0 Å². The monoisotopic (exact) mass is 504 g/mol. The highest BCUT2D eigenvalue weighted by molar-refractivity contribution is 7.80. The first-order valence-corrected chi connectivity index (χ1v) is 11.2. The van der Waals surface area contributed by atoms with Crippen molar-refractivity contribution < 1.29 is 14.3 Å². The molecule has 12 heteroatoms. The van der Waals surface area contributed by atoms with Crippen LogP contribution < -0.4 is 16.0 Å². The highest BCUT2D eigenvalue weighted by Crippen LogP contribution is 2.34. The molecular formula is C21H21ClN6O3S2. The molecule has 0 fully saturated rings. The summed E-state index contributed by atoms with van der Waals surface area (Å²) < 4.78 is 4.89. The van der Waals surface area contributed by atoms with Gasteiger partial charge >= 0.3 is 5.97 Å². The third-order valence-electron chi connectivity index (χ3n) is 4.41. The van der Waals surface area contributed by atoms with Crippen molar-refractivity contribution in [1.82, 2.24) is 15.1 Å². The third-order valence-corrected chi connectivity index (χ3v) is 6.01. The molecule has 0 saturated carbocycles. The van der Waals surface area contributed by atoms with Gasteiger partial charge in [0.25, 0.3) is 5.91 Å². The van der Waals surface area contributed by atoms with E-state index in [9.17, 15) is 9.59 Å². The number of benzene rings is 1. The molecule has 2 heterocycles. The number of carbonyl (C=O) groups excluding carboxylic acids is 2. The van der Waals surface area contributed by atoms with E-state index in [4.69, 9.17) is 28.6 Å². The Morgan fingerprint density at radius 2 is 1.73 bits per heavy atom. The Balaban J connectivity index is 1.72. The maximum Gasteiger partial charge on any atom is 0.341 e. The predicted molar refractivity (Wildman–Crippen MR) is 135 cm³/mol. The number of thiocarbonyl (C=S) groups is 1. The quantitative estimate of drug-likeness (QED) is 0.329. The summed E-state index contributed by atoms with van der Waals surface area (Å²) in [5.41, 5.74) is 2.33. The first kappa shape index (κ1) is 24.4. The zero-order valence-corrected chi connectivity index (χ0v) is 20.6. The SMILES string of the molecule is COC(=O)c1c(NC(=S)Nc2ccc(Nc3ccc(Cl)nn3)cc2)sc(C(=O)N(C)C)c1C. The second-order valence-electron chi connectivity index (χ2n) is 6.97. The number of halogens is 1. The van der Waals surface area contributed by atoms with E-state index >= 15 is 0 Å². The molecule has 172 valence electrons. The lowest BCUT2D eigenvalue weighted by molar-refractivity contribution is 0.0601. The van der Waals surface area contributed by atoms with Gasteiger partial charge in [-0.3, -0.25) is 4.79 Å². The number of esters is 1. The Labute approximate surface area is 205 Å². The second kappa shape index (κ2) is 10.6. The van der Waals surface area contributed by atoms with Gasteiger partial charge in [-0.15, -0.1) is 21.5 Å². The number of nitrogens with one attached hydrogen (secondary N) is 3. The molecule has 0 spiro atoms. The number of anilines is 4. The van der Waals surface area contributed by atoms with E-state index in [1.54, 1.807) is 33.2 Å². The maximum absolute atomic E-state index is 12.5. The largest absolute Gasteiger partial charge is 0.465 e. The lowest BCUT2D eigenvalue weighted by Crippen LogP contribution is -2.21. The first-order valence-electron chi connectivity index (χ1n) is 9.57. The van der Waals surface area contributed by atoms with Crippen molar-refractivity contribution in [2.75, 3.05) is 37.2 Å². The van der Waals surface area contributed by atoms with Gasteiger partial charge < -0.3 is 25.6 Å². The highest BCUT2D eigenvalue weighted by Gasteiger charge is 2.26. The average molecular weight is 505 g/mol. The molecule has 1 aromatic carbocycles. The second-order valence-corrected chi connectivity index (χ2v) is 8.79. The fourth-order valence-electron chi connectivity index (χ4n) is 2.79. The lowest BCUT2D eigenvalue weighted by Gasteiger charge is -2.11. The Kier molecular flexibility index (Phi) is 7.79. The van der Waals surface area contributed by atoms with Crippen molar-refractivity contribution in [2.24, 2.45) is 0 Å². The minimum atomic E-state index is -0.549. The van der Waals surface area contributed by atoms with Crippen LogP contribution in [0.3, 0.4) is 0 Å². The number of nitrogens with zero attached hydrogens (tertiary/aromatic N) is 3. The molecule has 0 aliphatic rings. The van der Waals surface area contributed by atoms with Gasteiger partial charge in [0.2, 0.25) is 0 Å². The molecule has 3 N–H and O–H groups in total. The van der Waals surface area contributed by atoms with E-state index < -0.39 is 5.97 Å². The topological polar surface area (TPSA) is 108 Å². The maximum atomic E-state index is 12.5. The van der Waals surface area contributed by atoms with Crippen molar-refractivity contribution in [3.63, 3.8) is 0 Å². The number of carbonyl (C=O) groups is 2. The van der Waals surface area contributed by atoms with Gasteiger partial charge in [0.1, 0.15) is 5.00 Å². The molecule has 3 aromatic rings. The van der Waals surface area contributed by atoms with Crippen molar-refractivity contribution in [1.29, 1.82) is 0 Å². The Morgan fingerprint density at radius 3 is 2.30 bits per heavy atom. The van der Waals surface area contributed by atoms with E-state index in [-0.39, 0.29) is 16.6 Å². The first-order chi connectivity index (χ1) is 15.7. The average Bonchev–Trinajstić information content (AvgIpc) is 3.10. The smallest absolute Gasteiger partial charge is 0.341 e. The van der Waals surface area contributed by atoms with E-state index in [1.807, 2.05) is 24.3 Å². The Hall–Kier alpha value is -3.28. The standard InChI is InChI=1S/C21H21ClN6O3S2/c1-11-16(20(30)31-4)18(33-17(11)19(29)28(2)3)25-21(32)24-13-7-5-12(6-8-13)23-15-10-9-14(22)26-27-15/h5-10H,1-4H3,(H,23,27)(H2,24,25,32). The molecule has 33 heavy (non-hydrogen) atoms. The van der Waals surface area contributed by atoms with Gasteiger partial charge in [0, 0.05) is 25.5 Å². The number of amides is 1. The summed E-state index contributed by atoms with van der Waals surface area (Å²) in [6.07, 6.45) is 0. The summed E-state index contributed by atoms with van der Waals surface area (Å²) in [5, 5.41) is 17.9. The fourth-order valence-corrected chi connectivity index (χ4v) is 4.40. The number of ether oxygens (including phenoxy) is 1. The molecule has 0 bridgehead atoms. The van der Waals surface area contributed by atoms with E-state index in [2.05, 4.69) is 26.1 Å². The molecule has 0 saturated heterocycles. The number of methoxy groups -OCH3 is 1. The predicted octanol–water partition coefficient (Wildman–Crippen LogP) is 4.54. The minimum absolute atomic E-state index is 0.206. The Bertz CT molecular complexity index is 1180. The molecule has 9 nitrogen and oxygen atoms in total. The van der Waals surface area contributed by atoms with Crippen molar-refractivity contribution in [3.8, 4) is 0 Å². The van der Waals surface area contributed by atoms with E-state index in [1.165, 1.54) is 12.0 Å². The van der Waals surface area contributed by atoms with Crippen LogP contribution in [0.15, 0.2) is 36.4 Å². The number of hydrogen-bond donors (Lipinski definition) is 3. The van der Waals surface area contributed by atoms with Crippen LogP contribution in [0.4, 0.5) is 22.2 Å². The molecule has 3 rings (SSSR count). The van der Waals surface area contributed by atoms with Gasteiger partial charge in [-0.05, 0) is 61.1 Å². The summed E-state index contributed by atoms with van der Waals surface area (Å²) in [7, 11) is 4.59. The third kappa shape index (κ3) is 5.95. The minimum Gasteiger partial charge on any atom is -0.465 e. The summed E-state index contributed by atoms with van der Waals surface area (Å²) >= 11 is 12.3. The molecule has 0 atom stereocenters. The zero-order chi connectivity index (χ0) is 24.1. The van der Waals surface area contributed by atoms with Crippen molar-refractivity contribution >= 4 is 74.3 Å². The fraction of sp³-hybridized carbons (Fsp3) is 0.190. The normalized spacial score (nSPS) is 10.3.